The highest BCUT2D eigenvalue weighted by atomic mass is 32.2. The fraction of sp³-hybridized carbons (Fsp3) is 0. The van der Waals surface area contributed by atoms with E-state index in [0.29, 0.717) is 5.69 Å². The van der Waals surface area contributed by atoms with Gasteiger partial charge in [0.1, 0.15) is 4.90 Å². The maximum atomic E-state index is 12.5. The number of sulfonamides is 1. The molecular formula is C19H15NO4S. The highest BCUT2D eigenvalue weighted by Gasteiger charge is 2.21. The summed E-state index contributed by atoms with van der Waals surface area (Å²) in [6.45, 7) is 0. The van der Waals surface area contributed by atoms with E-state index in [4.69, 9.17) is 5.11 Å². The number of benzene rings is 3. The van der Waals surface area contributed by atoms with Gasteiger partial charge in [0.05, 0.1) is 5.56 Å². The average molecular weight is 353 g/mol. The van der Waals surface area contributed by atoms with E-state index in [1.54, 1.807) is 24.3 Å². The van der Waals surface area contributed by atoms with Crippen molar-refractivity contribution in [2.24, 2.45) is 0 Å². The van der Waals surface area contributed by atoms with Crippen molar-refractivity contribution in [3.63, 3.8) is 0 Å². The number of rotatable bonds is 5. The summed E-state index contributed by atoms with van der Waals surface area (Å²) in [4.78, 5) is 11.0. The Balaban J connectivity index is 1.88. The minimum absolute atomic E-state index is 0.268. The highest BCUT2D eigenvalue weighted by molar-refractivity contribution is 7.92. The molecule has 0 unspecified atom stereocenters. The van der Waals surface area contributed by atoms with Gasteiger partial charge in [0.15, 0.2) is 0 Å². The Bertz CT molecular complexity index is 997. The maximum Gasteiger partial charge on any atom is 0.337 e. The highest BCUT2D eigenvalue weighted by Crippen LogP contribution is 2.23. The SMILES string of the molecule is O=C(O)c1ccccc1S(=O)(=O)Nc1ccc(-c2ccccc2)cc1. The smallest absolute Gasteiger partial charge is 0.337 e. The van der Waals surface area contributed by atoms with Crippen LogP contribution in [0.2, 0.25) is 0 Å². The first-order chi connectivity index (χ1) is 12.0. The van der Waals surface area contributed by atoms with Crippen LogP contribution in [0.3, 0.4) is 0 Å². The second-order valence-electron chi connectivity index (χ2n) is 5.35. The molecule has 0 aliphatic carbocycles. The van der Waals surface area contributed by atoms with Gasteiger partial charge in [-0.05, 0) is 35.4 Å². The van der Waals surface area contributed by atoms with Gasteiger partial charge in [0, 0.05) is 5.69 Å². The zero-order valence-corrected chi connectivity index (χ0v) is 13.9. The third-order valence-electron chi connectivity index (χ3n) is 3.65. The van der Waals surface area contributed by atoms with Crippen LogP contribution < -0.4 is 4.72 Å². The van der Waals surface area contributed by atoms with Crippen LogP contribution in [0, 0.1) is 0 Å². The Labute approximate surface area is 145 Å². The lowest BCUT2D eigenvalue weighted by Gasteiger charge is -2.11. The molecule has 0 spiro atoms. The standard InChI is InChI=1S/C19H15NO4S/c21-19(22)17-8-4-5-9-18(17)25(23,24)20-16-12-10-15(11-13-16)14-6-2-1-3-7-14/h1-13,20H,(H,21,22). The van der Waals surface area contributed by atoms with Crippen molar-refractivity contribution in [1.82, 2.24) is 0 Å². The van der Waals surface area contributed by atoms with Crippen LogP contribution in [0.5, 0.6) is 0 Å². The summed E-state index contributed by atoms with van der Waals surface area (Å²) in [7, 11) is -4.00. The molecule has 0 bridgehead atoms. The molecule has 0 aromatic heterocycles. The average Bonchev–Trinajstić information content (AvgIpc) is 2.63. The van der Waals surface area contributed by atoms with Crippen LogP contribution in [0.4, 0.5) is 5.69 Å². The van der Waals surface area contributed by atoms with E-state index in [1.165, 1.54) is 24.3 Å². The van der Waals surface area contributed by atoms with Crippen molar-refractivity contribution in [2.75, 3.05) is 4.72 Å². The third kappa shape index (κ3) is 3.70. The first kappa shape index (κ1) is 16.7. The van der Waals surface area contributed by atoms with Crippen molar-refractivity contribution in [1.29, 1.82) is 0 Å². The molecular weight excluding hydrogens is 338 g/mol. The number of carboxylic acids is 1. The van der Waals surface area contributed by atoms with Crippen LogP contribution in [-0.4, -0.2) is 19.5 Å². The number of anilines is 1. The van der Waals surface area contributed by atoms with Gasteiger partial charge in [-0.3, -0.25) is 4.72 Å². The minimum atomic E-state index is -4.00. The quantitative estimate of drug-likeness (QED) is 0.730. The van der Waals surface area contributed by atoms with E-state index >= 15 is 0 Å². The summed E-state index contributed by atoms with van der Waals surface area (Å²) in [5, 5.41) is 9.17. The van der Waals surface area contributed by atoms with E-state index in [2.05, 4.69) is 4.72 Å². The Morgan fingerprint density at radius 1 is 0.760 bits per heavy atom. The van der Waals surface area contributed by atoms with Crippen LogP contribution in [-0.2, 0) is 10.0 Å². The Kier molecular flexibility index (Phi) is 4.54. The summed E-state index contributed by atoms with van der Waals surface area (Å²) in [5.74, 6) is -1.29. The van der Waals surface area contributed by atoms with Crippen LogP contribution >= 0.6 is 0 Å². The van der Waals surface area contributed by atoms with Crippen molar-refractivity contribution in [2.45, 2.75) is 4.90 Å². The van der Waals surface area contributed by atoms with E-state index < -0.39 is 16.0 Å². The van der Waals surface area contributed by atoms with Gasteiger partial charge in [-0.1, -0.05) is 54.6 Å². The fourth-order valence-electron chi connectivity index (χ4n) is 2.45. The zero-order valence-electron chi connectivity index (χ0n) is 13.1. The number of hydrogen-bond acceptors (Lipinski definition) is 3. The van der Waals surface area contributed by atoms with Crippen molar-refractivity contribution < 1.29 is 18.3 Å². The van der Waals surface area contributed by atoms with Crippen molar-refractivity contribution >= 4 is 21.7 Å². The van der Waals surface area contributed by atoms with Gasteiger partial charge >= 0.3 is 5.97 Å². The van der Waals surface area contributed by atoms with Crippen molar-refractivity contribution in [3.8, 4) is 11.1 Å². The van der Waals surface area contributed by atoms with Gasteiger partial charge in [-0.2, -0.15) is 0 Å². The minimum Gasteiger partial charge on any atom is -0.478 e. The lowest BCUT2D eigenvalue weighted by Crippen LogP contribution is -2.16. The molecule has 6 heteroatoms. The Morgan fingerprint density at radius 2 is 1.32 bits per heavy atom. The first-order valence-electron chi connectivity index (χ1n) is 7.48. The lowest BCUT2D eigenvalue weighted by molar-refractivity contribution is 0.0692. The number of nitrogens with one attached hydrogen (secondary N) is 1. The normalized spacial score (nSPS) is 11.0. The second-order valence-corrected chi connectivity index (χ2v) is 7.00. The molecule has 0 saturated carbocycles. The van der Waals surface area contributed by atoms with Gasteiger partial charge in [0.2, 0.25) is 0 Å². The number of carbonyl (C=O) groups is 1. The molecule has 3 rings (SSSR count). The molecule has 5 nitrogen and oxygen atoms in total. The Morgan fingerprint density at radius 3 is 1.96 bits per heavy atom. The van der Waals surface area contributed by atoms with Crippen LogP contribution in [0.15, 0.2) is 83.8 Å². The molecule has 3 aromatic carbocycles. The van der Waals surface area contributed by atoms with Gasteiger partial charge < -0.3 is 5.11 Å². The maximum absolute atomic E-state index is 12.5. The molecule has 0 aliphatic rings. The topological polar surface area (TPSA) is 83.5 Å². The number of carboxylic acid groups (broad SMARTS) is 1. The van der Waals surface area contributed by atoms with E-state index in [-0.39, 0.29) is 10.5 Å². The Hall–Kier alpha value is -3.12. The molecule has 0 radical (unpaired) electrons. The fourth-order valence-corrected chi connectivity index (χ4v) is 3.71. The molecule has 0 saturated heterocycles. The summed E-state index contributed by atoms with van der Waals surface area (Å²) in [6.07, 6.45) is 0. The summed E-state index contributed by atoms with van der Waals surface area (Å²) >= 11 is 0. The number of aromatic carboxylic acids is 1. The molecule has 0 atom stereocenters. The molecule has 0 aliphatic heterocycles. The van der Waals surface area contributed by atoms with Crippen LogP contribution in [0.25, 0.3) is 11.1 Å². The van der Waals surface area contributed by atoms with E-state index in [0.717, 1.165) is 11.1 Å². The molecule has 0 amide bonds. The van der Waals surface area contributed by atoms with Gasteiger partial charge in [-0.15, -0.1) is 0 Å². The predicted molar refractivity (Wildman–Crippen MR) is 96.1 cm³/mol. The molecule has 2 N–H and O–H groups in total. The largest absolute Gasteiger partial charge is 0.478 e. The molecule has 126 valence electrons. The third-order valence-corrected chi connectivity index (χ3v) is 5.09. The van der Waals surface area contributed by atoms with Gasteiger partial charge in [0.25, 0.3) is 10.0 Å². The van der Waals surface area contributed by atoms with E-state index in [9.17, 15) is 13.2 Å². The zero-order chi connectivity index (χ0) is 17.9. The lowest BCUT2D eigenvalue weighted by atomic mass is 10.1. The second kappa shape index (κ2) is 6.78. The number of hydrogen-bond donors (Lipinski definition) is 2. The first-order valence-corrected chi connectivity index (χ1v) is 8.96. The van der Waals surface area contributed by atoms with Crippen LogP contribution in [0.1, 0.15) is 10.4 Å². The molecule has 0 heterocycles. The molecule has 0 fully saturated rings. The van der Waals surface area contributed by atoms with E-state index in [1.807, 2.05) is 30.3 Å². The van der Waals surface area contributed by atoms with Crippen molar-refractivity contribution in [3.05, 3.63) is 84.4 Å². The monoisotopic (exact) mass is 353 g/mol. The summed E-state index contributed by atoms with van der Waals surface area (Å²) in [6, 6.07) is 22.1. The molecule has 25 heavy (non-hydrogen) atoms. The summed E-state index contributed by atoms with van der Waals surface area (Å²) in [5.41, 5.74) is 2.07. The van der Waals surface area contributed by atoms with Gasteiger partial charge in [-0.25, -0.2) is 13.2 Å². The predicted octanol–water partition coefficient (Wildman–Crippen LogP) is 3.85. The summed E-state index contributed by atoms with van der Waals surface area (Å²) < 4.78 is 27.4. The molecule has 3 aromatic rings.